The van der Waals surface area contributed by atoms with Crippen LogP contribution in [-0.2, 0) is 4.74 Å². The van der Waals surface area contributed by atoms with Gasteiger partial charge in [0.05, 0.1) is 30.1 Å². The molecule has 0 amide bonds. The molecule has 0 aliphatic carbocycles. The minimum Gasteiger partial charge on any atom is -0.495 e. The molecule has 178 valence electrons. The summed E-state index contributed by atoms with van der Waals surface area (Å²) >= 11 is 4.53. The van der Waals surface area contributed by atoms with Gasteiger partial charge in [-0.1, -0.05) is 12.1 Å². The molecule has 3 aromatic rings. The first-order valence-corrected chi connectivity index (χ1v) is 12.8. The van der Waals surface area contributed by atoms with Gasteiger partial charge in [-0.15, -0.1) is 0 Å². The van der Waals surface area contributed by atoms with Crippen molar-refractivity contribution in [1.29, 1.82) is 0 Å². The van der Waals surface area contributed by atoms with E-state index in [0.717, 1.165) is 35.3 Å². The Labute approximate surface area is 226 Å². The SMILES string of the molecule is COc1c(I)cc(I)cc1/C=N/Nc1nc(Nc2cc(C)ccc2C)nc(N2CCOCC2)n1. The fourth-order valence-corrected chi connectivity index (χ4v) is 5.53. The maximum atomic E-state index is 5.54. The smallest absolute Gasteiger partial charge is 0.250 e. The maximum Gasteiger partial charge on any atom is 0.250 e. The Balaban J connectivity index is 1.63. The number of benzene rings is 2. The van der Waals surface area contributed by atoms with Crippen LogP contribution in [-0.4, -0.2) is 54.6 Å². The van der Waals surface area contributed by atoms with Crippen LogP contribution in [0.1, 0.15) is 16.7 Å². The van der Waals surface area contributed by atoms with Gasteiger partial charge in [0.25, 0.3) is 0 Å². The second-order valence-corrected chi connectivity index (χ2v) is 10.1. The molecule has 0 saturated carbocycles. The molecule has 0 spiro atoms. The highest BCUT2D eigenvalue weighted by Crippen LogP contribution is 2.27. The van der Waals surface area contributed by atoms with E-state index >= 15 is 0 Å². The molecule has 2 heterocycles. The lowest BCUT2D eigenvalue weighted by molar-refractivity contribution is 0.122. The molecule has 0 atom stereocenters. The zero-order valence-corrected chi connectivity index (χ0v) is 23.4. The van der Waals surface area contributed by atoms with Crippen molar-refractivity contribution >= 4 is 74.9 Å². The number of methoxy groups -OCH3 is 1. The Kier molecular flexibility index (Phi) is 8.37. The van der Waals surface area contributed by atoms with Gasteiger partial charge in [0.1, 0.15) is 5.75 Å². The van der Waals surface area contributed by atoms with E-state index in [4.69, 9.17) is 9.47 Å². The second-order valence-electron chi connectivity index (χ2n) is 7.71. The standard InChI is InChI=1S/C23H25I2N7O2/c1-14-4-5-15(2)19(10-14)27-21-28-22(30-23(29-21)32-6-8-34-9-7-32)31-26-13-16-11-17(24)12-18(25)20(16)33-3/h4-5,10-13H,6-9H2,1-3H3,(H2,27,28,29,30,31)/b26-13+. The average molecular weight is 685 g/mol. The number of ether oxygens (including phenoxy) is 2. The minimum atomic E-state index is 0.347. The van der Waals surface area contributed by atoms with Crippen LogP contribution in [0.2, 0.25) is 0 Å². The summed E-state index contributed by atoms with van der Waals surface area (Å²) in [6, 6.07) is 10.3. The molecule has 1 aromatic heterocycles. The quantitative estimate of drug-likeness (QED) is 0.210. The predicted octanol–water partition coefficient (Wildman–Crippen LogP) is 4.73. The van der Waals surface area contributed by atoms with Gasteiger partial charge in [-0.25, -0.2) is 5.43 Å². The van der Waals surface area contributed by atoms with Crippen LogP contribution in [0.3, 0.4) is 0 Å². The van der Waals surface area contributed by atoms with Gasteiger partial charge < -0.3 is 19.7 Å². The number of hydrogen-bond acceptors (Lipinski definition) is 9. The molecule has 1 fully saturated rings. The molecular formula is C23H25I2N7O2. The molecule has 0 unspecified atom stereocenters. The lowest BCUT2D eigenvalue weighted by Crippen LogP contribution is -2.37. The zero-order valence-electron chi connectivity index (χ0n) is 19.1. The van der Waals surface area contributed by atoms with Crippen molar-refractivity contribution in [1.82, 2.24) is 15.0 Å². The molecular weight excluding hydrogens is 660 g/mol. The summed E-state index contributed by atoms with van der Waals surface area (Å²) < 4.78 is 13.1. The molecule has 2 aromatic carbocycles. The van der Waals surface area contributed by atoms with E-state index < -0.39 is 0 Å². The molecule has 1 aliphatic heterocycles. The third-order valence-corrected chi connectivity index (χ3v) is 6.59. The van der Waals surface area contributed by atoms with Gasteiger partial charge in [-0.05, 0) is 88.4 Å². The van der Waals surface area contributed by atoms with Crippen molar-refractivity contribution < 1.29 is 9.47 Å². The summed E-state index contributed by atoms with van der Waals surface area (Å²) in [5.41, 5.74) is 7.03. The highest BCUT2D eigenvalue weighted by Gasteiger charge is 2.17. The van der Waals surface area contributed by atoms with Crippen LogP contribution in [0.15, 0.2) is 35.4 Å². The molecule has 1 aliphatic rings. The number of morpholine rings is 1. The molecule has 0 bridgehead atoms. The number of hydrazone groups is 1. The number of rotatable bonds is 7. The summed E-state index contributed by atoms with van der Waals surface area (Å²) in [5.74, 6) is 2.14. The lowest BCUT2D eigenvalue weighted by atomic mass is 10.1. The molecule has 9 nitrogen and oxygen atoms in total. The fourth-order valence-electron chi connectivity index (χ4n) is 3.42. The molecule has 0 radical (unpaired) electrons. The first kappa shape index (κ1) is 24.9. The van der Waals surface area contributed by atoms with Crippen molar-refractivity contribution in [3.05, 3.63) is 54.2 Å². The predicted molar refractivity (Wildman–Crippen MR) is 152 cm³/mol. The average Bonchev–Trinajstić information content (AvgIpc) is 2.82. The van der Waals surface area contributed by atoms with Gasteiger partial charge in [-0.3, -0.25) is 0 Å². The molecule has 34 heavy (non-hydrogen) atoms. The molecule has 2 N–H and O–H groups in total. The normalized spacial score (nSPS) is 13.9. The topological polar surface area (TPSA) is 96.8 Å². The first-order valence-electron chi connectivity index (χ1n) is 10.7. The van der Waals surface area contributed by atoms with E-state index in [1.54, 1.807) is 13.3 Å². The van der Waals surface area contributed by atoms with Crippen molar-refractivity contribution in [2.75, 3.05) is 49.1 Å². The van der Waals surface area contributed by atoms with Crippen LogP contribution < -0.4 is 20.4 Å². The van der Waals surface area contributed by atoms with Gasteiger partial charge in [0, 0.05) is 27.9 Å². The summed E-state index contributed by atoms with van der Waals surface area (Å²) in [6.45, 7) is 6.81. The Morgan fingerprint density at radius 2 is 1.82 bits per heavy atom. The second kappa shape index (κ2) is 11.4. The monoisotopic (exact) mass is 685 g/mol. The molecule has 4 rings (SSSR count). The van der Waals surface area contributed by atoms with E-state index in [1.165, 1.54) is 0 Å². The molecule has 11 heteroatoms. The van der Waals surface area contributed by atoms with Crippen LogP contribution in [0, 0.1) is 21.0 Å². The third kappa shape index (κ3) is 6.24. The van der Waals surface area contributed by atoms with E-state index in [9.17, 15) is 0 Å². The molecule has 1 saturated heterocycles. The number of nitrogens with zero attached hydrogens (tertiary/aromatic N) is 5. The Bertz CT molecular complexity index is 1200. The number of anilines is 4. The van der Waals surface area contributed by atoms with Gasteiger partial charge >= 0.3 is 0 Å². The Morgan fingerprint density at radius 1 is 1.06 bits per heavy atom. The minimum absolute atomic E-state index is 0.347. The van der Waals surface area contributed by atoms with Gasteiger partial charge in [0.2, 0.25) is 17.8 Å². The summed E-state index contributed by atoms with van der Waals surface area (Å²) in [5, 5.41) is 7.72. The number of halogens is 2. The van der Waals surface area contributed by atoms with E-state index in [-0.39, 0.29) is 0 Å². The van der Waals surface area contributed by atoms with Crippen LogP contribution in [0.25, 0.3) is 0 Å². The Hall–Kier alpha value is -2.26. The van der Waals surface area contributed by atoms with E-state index in [1.807, 2.05) is 13.0 Å². The number of nitrogens with one attached hydrogen (secondary N) is 2. The largest absolute Gasteiger partial charge is 0.495 e. The summed E-state index contributed by atoms with van der Waals surface area (Å²) in [6.07, 6.45) is 1.71. The van der Waals surface area contributed by atoms with Crippen LogP contribution >= 0.6 is 45.2 Å². The van der Waals surface area contributed by atoms with Crippen molar-refractivity contribution in [2.24, 2.45) is 5.10 Å². The van der Waals surface area contributed by atoms with Gasteiger partial charge in [-0.2, -0.15) is 20.1 Å². The van der Waals surface area contributed by atoms with Crippen molar-refractivity contribution in [2.45, 2.75) is 13.8 Å². The third-order valence-electron chi connectivity index (χ3n) is 5.17. The summed E-state index contributed by atoms with van der Waals surface area (Å²) in [4.78, 5) is 15.9. The van der Waals surface area contributed by atoms with E-state index in [2.05, 4.69) is 112 Å². The first-order chi connectivity index (χ1) is 16.4. The summed E-state index contributed by atoms with van der Waals surface area (Å²) in [7, 11) is 1.65. The number of aromatic nitrogens is 3. The zero-order chi connectivity index (χ0) is 24.1. The van der Waals surface area contributed by atoms with Gasteiger partial charge in [0.15, 0.2) is 0 Å². The van der Waals surface area contributed by atoms with E-state index in [0.29, 0.717) is 44.1 Å². The van der Waals surface area contributed by atoms with Crippen LogP contribution in [0.5, 0.6) is 5.75 Å². The van der Waals surface area contributed by atoms with Crippen LogP contribution in [0.4, 0.5) is 23.5 Å². The van der Waals surface area contributed by atoms with Crippen molar-refractivity contribution in [3.63, 3.8) is 0 Å². The Morgan fingerprint density at radius 3 is 2.59 bits per heavy atom. The highest BCUT2D eigenvalue weighted by atomic mass is 127. The number of aryl methyl sites for hydroxylation is 2. The fraction of sp³-hybridized carbons (Fsp3) is 0.304. The highest BCUT2D eigenvalue weighted by molar-refractivity contribution is 14.1. The van der Waals surface area contributed by atoms with Crippen molar-refractivity contribution in [3.8, 4) is 5.75 Å². The maximum absolute atomic E-state index is 5.54. The lowest BCUT2D eigenvalue weighted by Gasteiger charge is -2.27. The number of hydrogen-bond donors (Lipinski definition) is 2.